The van der Waals surface area contributed by atoms with Gasteiger partial charge in [-0.05, 0) is 24.1 Å². The molecule has 1 aromatic rings. The smallest absolute Gasteiger partial charge is 0.338 e. The summed E-state index contributed by atoms with van der Waals surface area (Å²) >= 11 is 0. The van der Waals surface area contributed by atoms with Crippen LogP contribution >= 0.6 is 0 Å². The zero-order valence-electron chi connectivity index (χ0n) is 16.1. The number of nitrogens with zero attached hydrogens (tertiary/aromatic N) is 4. The Morgan fingerprint density at radius 1 is 1.07 bits per heavy atom. The van der Waals surface area contributed by atoms with Crippen LogP contribution in [0.15, 0.2) is 35.4 Å². The Balaban J connectivity index is 1.93. The maximum Gasteiger partial charge on any atom is 0.338 e. The minimum absolute atomic E-state index is 0.289. The van der Waals surface area contributed by atoms with Crippen molar-refractivity contribution in [2.45, 2.75) is 50.7 Å². The molecule has 10 heteroatoms. The van der Waals surface area contributed by atoms with Crippen LogP contribution in [0.3, 0.4) is 0 Å². The van der Waals surface area contributed by atoms with E-state index in [-0.39, 0.29) is 6.54 Å². The van der Waals surface area contributed by atoms with Crippen molar-refractivity contribution in [1.29, 1.82) is 0 Å². The monoisotopic (exact) mass is 402 g/mol. The van der Waals surface area contributed by atoms with Crippen LogP contribution in [0.5, 0.6) is 0 Å². The summed E-state index contributed by atoms with van der Waals surface area (Å²) in [6, 6.07) is 7.09. The normalized spacial score (nSPS) is 28.6. The first-order valence-electron chi connectivity index (χ1n) is 9.29. The highest BCUT2D eigenvalue weighted by atomic mass is 16.6. The third-order valence-electron chi connectivity index (χ3n) is 5.04. The lowest BCUT2D eigenvalue weighted by Crippen LogP contribution is -2.63. The molecule has 2 aliphatic heterocycles. The van der Waals surface area contributed by atoms with Crippen molar-refractivity contribution in [2.24, 2.45) is 5.11 Å². The predicted octanol–water partition coefficient (Wildman–Crippen LogP) is 1.84. The second-order valence-electron chi connectivity index (χ2n) is 7.00. The van der Waals surface area contributed by atoms with Gasteiger partial charge in [0.25, 0.3) is 0 Å². The Morgan fingerprint density at radius 2 is 1.76 bits per heavy atom. The van der Waals surface area contributed by atoms with Gasteiger partial charge in [0.1, 0.15) is 6.10 Å². The van der Waals surface area contributed by atoms with Crippen LogP contribution in [0, 0.1) is 0 Å². The first kappa shape index (κ1) is 20.6. The molecule has 2 heterocycles. The van der Waals surface area contributed by atoms with Gasteiger partial charge in [0, 0.05) is 31.8 Å². The molecule has 2 fully saturated rings. The highest BCUT2D eigenvalue weighted by Crippen LogP contribution is 2.35. The van der Waals surface area contributed by atoms with Crippen molar-refractivity contribution in [2.75, 3.05) is 13.1 Å². The first-order chi connectivity index (χ1) is 13.9. The molecule has 1 unspecified atom stereocenters. The van der Waals surface area contributed by atoms with Crippen LogP contribution in [-0.4, -0.2) is 66.3 Å². The molecule has 1 aromatic carbocycles. The number of carbonyl (C=O) groups is 3. The molecule has 0 aromatic heterocycles. The van der Waals surface area contributed by atoms with Crippen LogP contribution < -0.4 is 0 Å². The largest absolute Gasteiger partial charge is 0.461 e. The van der Waals surface area contributed by atoms with Crippen molar-refractivity contribution >= 4 is 17.9 Å². The Kier molecular flexibility index (Phi) is 6.36. The molecule has 0 N–H and O–H groups in total. The quantitative estimate of drug-likeness (QED) is 0.241. The summed E-state index contributed by atoms with van der Waals surface area (Å²) in [7, 11) is 0. The molecule has 0 bridgehead atoms. The molecule has 3 rings (SSSR count). The van der Waals surface area contributed by atoms with Crippen LogP contribution in [0.4, 0.5) is 0 Å². The number of hydrogen-bond donors (Lipinski definition) is 0. The highest BCUT2D eigenvalue weighted by Gasteiger charge is 2.54. The van der Waals surface area contributed by atoms with Gasteiger partial charge in [-0.3, -0.25) is 14.5 Å². The number of carbonyl (C=O) groups excluding carboxylic acids is 3. The lowest BCUT2D eigenvalue weighted by molar-refractivity contribution is -0.173. The van der Waals surface area contributed by atoms with Gasteiger partial charge in [0.05, 0.1) is 17.6 Å². The van der Waals surface area contributed by atoms with Gasteiger partial charge < -0.3 is 14.2 Å². The van der Waals surface area contributed by atoms with E-state index >= 15 is 0 Å². The fourth-order valence-corrected chi connectivity index (χ4v) is 3.99. The molecule has 29 heavy (non-hydrogen) atoms. The van der Waals surface area contributed by atoms with E-state index in [2.05, 4.69) is 10.0 Å². The Morgan fingerprint density at radius 3 is 2.38 bits per heavy atom. The van der Waals surface area contributed by atoms with E-state index in [9.17, 15) is 14.4 Å². The first-order valence-corrected chi connectivity index (χ1v) is 9.29. The topological polar surface area (TPSA) is 131 Å². The number of azide groups is 1. The highest BCUT2D eigenvalue weighted by molar-refractivity contribution is 5.89. The minimum atomic E-state index is -1.01. The number of hydrogen-bond acceptors (Lipinski definition) is 8. The van der Waals surface area contributed by atoms with Crippen LogP contribution in [-0.2, 0) is 23.8 Å². The number of piperidine rings is 1. The van der Waals surface area contributed by atoms with Gasteiger partial charge in [-0.15, -0.1) is 0 Å². The maximum atomic E-state index is 12.6. The lowest BCUT2D eigenvalue weighted by Gasteiger charge is -2.44. The third-order valence-corrected chi connectivity index (χ3v) is 5.04. The van der Waals surface area contributed by atoms with Gasteiger partial charge in [0.15, 0.2) is 12.2 Å². The number of benzene rings is 1. The zero-order valence-corrected chi connectivity index (χ0v) is 16.1. The minimum Gasteiger partial charge on any atom is -0.461 e. The summed E-state index contributed by atoms with van der Waals surface area (Å²) in [6.07, 6.45) is -1.96. The van der Waals surface area contributed by atoms with Gasteiger partial charge in [-0.25, -0.2) is 4.79 Å². The number of rotatable bonds is 5. The molecule has 0 amide bonds. The molecule has 10 nitrogen and oxygen atoms in total. The molecule has 2 aliphatic rings. The Bertz CT molecular complexity index is 825. The van der Waals surface area contributed by atoms with E-state index < -0.39 is 48.3 Å². The van der Waals surface area contributed by atoms with Crippen molar-refractivity contribution in [1.82, 2.24) is 4.90 Å². The van der Waals surface area contributed by atoms with E-state index in [4.69, 9.17) is 19.7 Å². The fourth-order valence-electron chi connectivity index (χ4n) is 3.99. The standard InChI is InChI=1S/C19H22N4O6/c1-11(24)27-15-8-9-23-10-14(21-22-20)17(18(16(15)23)28-12(2)25)29-19(26)13-6-4-3-5-7-13/h3-7,14-18H,8-10H2,1-2H3/t14-,15-,16?,17+,18+/m0/s1. The van der Waals surface area contributed by atoms with Crippen molar-refractivity contribution in [3.63, 3.8) is 0 Å². The summed E-state index contributed by atoms with van der Waals surface area (Å²) in [4.78, 5) is 40.8. The average molecular weight is 402 g/mol. The SMILES string of the molecule is CC(=O)O[C@H]1CCN2C[C@H](N=[N+]=[N-])[C@@H](OC(=O)c3ccccc3)[C@H](OC(C)=O)C12. The van der Waals surface area contributed by atoms with Crippen LogP contribution in [0.1, 0.15) is 30.6 Å². The fraction of sp³-hybridized carbons (Fsp3) is 0.526. The molecule has 5 atom stereocenters. The number of ether oxygens (including phenoxy) is 3. The Hall–Kier alpha value is -3.10. The maximum absolute atomic E-state index is 12.6. The van der Waals surface area contributed by atoms with Gasteiger partial charge in [-0.1, -0.05) is 23.3 Å². The summed E-state index contributed by atoms with van der Waals surface area (Å²) in [5, 5.41) is 3.78. The van der Waals surface area contributed by atoms with Gasteiger partial charge in [-0.2, -0.15) is 0 Å². The van der Waals surface area contributed by atoms with E-state index in [0.29, 0.717) is 18.5 Å². The average Bonchev–Trinajstić information content (AvgIpc) is 3.06. The molecule has 2 saturated heterocycles. The molecule has 0 aliphatic carbocycles. The number of esters is 3. The van der Waals surface area contributed by atoms with Crippen LogP contribution in [0.2, 0.25) is 0 Å². The molecule has 0 radical (unpaired) electrons. The molecule has 0 spiro atoms. The van der Waals surface area contributed by atoms with E-state index in [1.807, 2.05) is 4.90 Å². The molecule has 154 valence electrons. The third kappa shape index (κ3) is 4.67. The summed E-state index contributed by atoms with van der Waals surface area (Å²) in [6.45, 7) is 3.41. The molecular formula is C19H22N4O6. The predicted molar refractivity (Wildman–Crippen MR) is 99.7 cm³/mol. The van der Waals surface area contributed by atoms with Crippen molar-refractivity contribution in [3.8, 4) is 0 Å². The van der Waals surface area contributed by atoms with Gasteiger partial charge in [0.2, 0.25) is 0 Å². The summed E-state index contributed by atoms with van der Waals surface area (Å²) in [5.74, 6) is -1.65. The lowest BCUT2D eigenvalue weighted by atomic mass is 9.91. The second kappa shape index (κ2) is 8.93. The van der Waals surface area contributed by atoms with E-state index in [0.717, 1.165) is 0 Å². The molecule has 0 saturated carbocycles. The number of fused-ring (bicyclic) bond motifs is 1. The van der Waals surface area contributed by atoms with Crippen LogP contribution in [0.25, 0.3) is 10.4 Å². The molecular weight excluding hydrogens is 380 g/mol. The summed E-state index contributed by atoms with van der Waals surface area (Å²) in [5.41, 5.74) is 9.31. The van der Waals surface area contributed by atoms with Crippen molar-refractivity contribution < 1.29 is 28.6 Å². The zero-order chi connectivity index (χ0) is 21.0. The Labute approximate surface area is 167 Å². The van der Waals surface area contributed by atoms with E-state index in [1.165, 1.54) is 13.8 Å². The van der Waals surface area contributed by atoms with Crippen molar-refractivity contribution in [3.05, 3.63) is 46.3 Å². The summed E-state index contributed by atoms with van der Waals surface area (Å²) < 4.78 is 16.6. The van der Waals surface area contributed by atoms with E-state index in [1.54, 1.807) is 30.3 Å². The second-order valence-corrected chi connectivity index (χ2v) is 7.00. The van der Waals surface area contributed by atoms with Gasteiger partial charge >= 0.3 is 17.9 Å².